The van der Waals surface area contributed by atoms with Crippen LogP contribution in [0.15, 0.2) is 48.5 Å². The third-order valence-corrected chi connectivity index (χ3v) is 5.67. The lowest BCUT2D eigenvalue weighted by Crippen LogP contribution is -2.37. The van der Waals surface area contributed by atoms with Gasteiger partial charge in [-0.1, -0.05) is 36.4 Å². The highest BCUT2D eigenvalue weighted by Crippen LogP contribution is 2.44. The maximum atomic E-state index is 13.8. The Morgan fingerprint density at radius 1 is 1.15 bits per heavy atom. The third-order valence-electron chi connectivity index (χ3n) is 5.67. The van der Waals surface area contributed by atoms with Gasteiger partial charge in [0.05, 0.1) is 5.92 Å². The van der Waals surface area contributed by atoms with E-state index >= 15 is 0 Å². The summed E-state index contributed by atoms with van der Waals surface area (Å²) >= 11 is 0. The molecule has 0 unspecified atom stereocenters. The highest BCUT2D eigenvalue weighted by Gasteiger charge is 2.46. The van der Waals surface area contributed by atoms with Gasteiger partial charge in [0.1, 0.15) is 11.6 Å². The summed E-state index contributed by atoms with van der Waals surface area (Å²) in [6, 6.07) is 14.3. The first-order valence-corrected chi connectivity index (χ1v) is 9.16. The number of amides is 1. The normalized spacial score (nSPS) is 25.2. The third kappa shape index (κ3) is 3.23. The van der Waals surface area contributed by atoms with E-state index in [-0.39, 0.29) is 30.5 Å². The maximum absolute atomic E-state index is 13.8. The second-order valence-electron chi connectivity index (χ2n) is 7.17. The Bertz CT molecular complexity index is 796. The van der Waals surface area contributed by atoms with E-state index in [0.29, 0.717) is 5.56 Å². The zero-order chi connectivity index (χ0) is 18.1. The van der Waals surface area contributed by atoms with Gasteiger partial charge in [-0.3, -0.25) is 9.69 Å². The molecular formula is C21H22F2N2O. The van der Waals surface area contributed by atoms with Gasteiger partial charge in [-0.25, -0.2) is 8.78 Å². The van der Waals surface area contributed by atoms with Crippen molar-refractivity contribution in [1.82, 2.24) is 10.2 Å². The van der Waals surface area contributed by atoms with E-state index in [1.807, 2.05) is 18.2 Å². The molecule has 2 heterocycles. The Hall–Kier alpha value is -2.27. The zero-order valence-electron chi connectivity index (χ0n) is 14.5. The van der Waals surface area contributed by atoms with Gasteiger partial charge >= 0.3 is 0 Å². The molecule has 2 aromatic rings. The molecule has 1 amide bonds. The van der Waals surface area contributed by atoms with Crippen LogP contribution >= 0.6 is 0 Å². The molecule has 0 aliphatic carbocycles. The molecule has 0 saturated carbocycles. The highest BCUT2D eigenvalue weighted by molar-refractivity contribution is 5.80. The van der Waals surface area contributed by atoms with E-state index in [4.69, 9.17) is 0 Å². The fourth-order valence-corrected chi connectivity index (χ4v) is 4.43. The van der Waals surface area contributed by atoms with Gasteiger partial charge in [0.25, 0.3) is 0 Å². The predicted octanol–water partition coefficient (Wildman–Crippen LogP) is 3.81. The Morgan fingerprint density at radius 3 is 2.73 bits per heavy atom. The monoisotopic (exact) mass is 356 g/mol. The standard InChI is InChI=1S/C21H22F2N2O/c22-16-9-8-15(18(23)11-16)13-24-21(26)17-12-20(14-5-2-1-3-6-14)25-10-4-7-19(17)25/h1-3,5-6,8-9,11,17,19-20H,4,7,10,12-13H2,(H,24,26)/t17-,19+,20-/m0/s1. The number of rotatable bonds is 4. The summed E-state index contributed by atoms with van der Waals surface area (Å²) < 4.78 is 26.8. The first kappa shape index (κ1) is 17.2. The van der Waals surface area contributed by atoms with Crippen molar-refractivity contribution in [3.8, 4) is 0 Å². The maximum Gasteiger partial charge on any atom is 0.225 e. The summed E-state index contributed by atoms with van der Waals surface area (Å²) in [6.07, 6.45) is 2.91. The van der Waals surface area contributed by atoms with Gasteiger partial charge < -0.3 is 5.32 Å². The summed E-state index contributed by atoms with van der Waals surface area (Å²) in [5, 5.41) is 2.86. The van der Waals surface area contributed by atoms with Gasteiger partial charge in [0.2, 0.25) is 5.91 Å². The molecule has 26 heavy (non-hydrogen) atoms. The van der Waals surface area contributed by atoms with Crippen molar-refractivity contribution in [3.05, 3.63) is 71.3 Å². The Kier molecular flexibility index (Phi) is 4.72. The first-order valence-electron chi connectivity index (χ1n) is 9.16. The van der Waals surface area contributed by atoms with E-state index < -0.39 is 11.6 Å². The topological polar surface area (TPSA) is 32.3 Å². The van der Waals surface area contributed by atoms with Crippen molar-refractivity contribution in [2.24, 2.45) is 5.92 Å². The SMILES string of the molecule is O=C(NCc1ccc(F)cc1F)[C@H]1C[C@@H](c2ccccc2)N2CCC[C@H]12. The van der Waals surface area contributed by atoms with E-state index in [9.17, 15) is 13.6 Å². The number of fused-ring (bicyclic) bond motifs is 1. The van der Waals surface area contributed by atoms with Gasteiger partial charge in [-0.15, -0.1) is 0 Å². The van der Waals surface area contributed by atoms with Crippen molar-refractivity contribution in [2.75, 3.05) is 6.54 Å². The molecule has 2 saturated heterocycles. The molecule has 1 N–H and O–H groups in total. The van der Waals surface area contributed by atoms with Crippen LogP contribution in [0.4, 0.5) is 8.78 Å². The van der Waals surface area contributed by atoms with Crippen LogP contribution in [0.5, 0.6) is 0 Å². The van der Waals surface area contributed by atoms with Crippen molar-refractivity contribution in [1.29, 1.82) is 0 Å². The molecule has 0 radical (unpaired) electrons. The summed E-state index contributed by atoms with van der Waals surface area (Å²) in [5.41, 5.74) is 1.56. The average molecular weight is 356 g/mol. The van der Waals surface area contributed by atoms with E-state index in [1.165, 1.54) is 17.7 Å². The molecule has 136 valence electrons. The lowest BCUT2D eigenvalue weighted by Gasteiger charge is -2.24. The zero-order valence-corrected chi connectivity index (χ0v) is 14.5. The average Bonchev–Trinajstić information content (AvgIpc) is 3.24. The number of halogens is 2. The van der Waals surface area contributed by atoms with Gasteiger partial charge in [0, 0.05) is 30.3 Å². The molecule has 5 heteroatoms. The molecule has 4 rings (SSSR count). The van der Waals surface area contributed by atoms with Crippen LogP contribution < -0.4 is 5.32 Å². The van der Waals surface area contributed by atoms with Crippen LogP contribution in [0.2, 0.25) is 0 Å². The van der Waals surface area contributed by atoms with E-state index in [2.05, 4.69) is 22.3 Å². The molecular weight excluding hydrogens is 334 g/mol. The summed E-state index contributed by atoms with van der Waals surface area (Å²) in [6.45, 7) is 1.10. The molecule has 0 aromatic heterocycles. The molecule has 2 aromatic carbocycles. The Labute approximate surface area is 152 Å². The first-order chi connectivity index (χ1) is 12.6. The summed E-state index contributed by atoms with van der Waals surface area (Å²) in [5.74, 6) is -1.36. The van der Waals surface area contributed by atoms with Gasteiger partial charge in [-0.2, -0.15) is 0 Å². The Balaban J connectivity index is 1.46. The minimum Gasteiger partial charge on any atom is -0.352 e. The van der Waals surface area contributed by atoms with Crippen molar-refractivity contribution in [2.45, 2.75) is 37.9 Å². The van der Waals surface area contributed by atoms with Crippen molar-refractivity contribution >= 4 is 5.91 Å². The second kappa shape index (κ2) is 7.16. The number of nitrogens with zero attached hydrogens (tertiary/aromatic N) is 1. The van der Waals surface area contributed by atoms with Crippen LogP contribution in [-0.2, 0) is 11.3 Å². The van der Waals surface area contributed by atoms with Gasteiger partial charge in [0.15, 0.2) is 0 Å². The van der Waals surface area contributed by atoms with Crippen LogP contribution in [-0.4, -0.2) is 23.4 Å². The summed E-state index contributed by atoms with van der Waals surface area (Å²) in [4.78, 5) is 15.2. The number of carbonyl (C=O) groups excluding carboxylic acids is 1. The molecule has 0 bridgehead atoms. The molecule has 2 fully saturated rings. The number of carbonyl (C=O) groups is 1. The summed E-state index contributed by atoms with van der Waals surface area (Å²) in [7, 11) is 0. The fraction of sp³-hybridized carbons (Fsp3) is 0.381. The number of nitrogens with one attached hydrogen (secondary N) is 1. The molecule has 2 aliphatic rings. The molecule has 3 nitrogen and oxygen atoms in total. The lowest BCUT2D eigenvalue weighted by molar-refractivity contribution is -0.125. The van der Waals surface area contributed by atoms with Crippen molar-refractivity contribution < 1.29 is 13.6 Å². The number of hydrogen-bond acceptors (Lipinski definition) is 2. The van der Waals surface area contributed by atoms with Gasteiger partial charge in [-0.05, 0) is 37.4 Å². The molecule has 0 spiro atoms. The largest absolute Gasteiger partial charge is 0.352 e. The van der Waals surface area contributed by atoms with Crippen LogP contribution in [0.3, 0.4) is 0 Å². The van der Waals surface area contributed by atoms with Crippen LogP contribution in [0, 0.1) is 17.6 Å². The molecule has 3 atom stereocenters. The minimum absolute atomic E-state index is 0.0379. The smallest absolute Gasteiger partial charge is 0.225 e. The Morgan fingerprint density at radius 2 is 1.96 bits per heavy atom. The lowest BCUT2D eigenvalue weighted by atomic mass is 9.93. The fourth-order valence-electron chi connectivity index (χ4n) is 4.43. The van der Waals surface area contributed by atoms with E-state index in [1.54, 1.807) is 0 Å². The van der Waals surface area contributed by atoms with Crippen LogP contribution in [0.25, 0.3) is 0 Å². The highest BCUT2D eigenvalue weighted by atomic mass is 19.1. The van der Waals surface area contributed by atoms with E-state index in [0.717, 1.165) is 31.9 Å². The second-order valence-corrected chi connectivity index (χ2v) is 7.17. The number of benzene rings is 2. The number of hydrogen-bond donors (Lipinski definition) is 1. The predicted molar refractivity (Wildman–Crippen MR) is 95.2 cm³/mol. The van der Waals surface area contributed by atoms with Crippen molar-refractivity contribution in [3.63, 3.8) is 0 Å². The quantitative estimate of drug-likeness (QED) is 0.904. The molecule has 2 aliphatic heterocycles. The van der Waals surface area contributed by atoms with Crippen LogP contribution in [0.1, 0.15) is 36.4 Å². The minimum atomic E-state index is -0.624.